The summed E-state index contributed by atoms with van der Waals surface area (Å²) in [5.74, 6) is -0.947. The number of carbonyl (C=O) groups is 1. The average molecular weight is 360 g/mol. The second-order valence-electron chi connectivity index (χ2n) is 5.43. The fourth-order valence-corrected chi connectivity index (χ4v) is 2.82. The van der Waals surface area contributed by atoms with Gasteiger partial charge in [-0.2, -0.15) is 18.3 Å². The number of halogens is 4. The van der Waals surface area contributed by atoms with Gasteiger partial charge in [0.05, 0.1) is 16.8 Å². The molecule has 10 heteroatoms. The Morgan fingerprint density at radius 3 is 2.75 bits per heavy atom. The quantitative estimate of drug-likeness (QED) is 0.891. The molecule has 2 N–H and O–H groups in total. The number of likely N-dealkylation sites (tertiary alicyclic amines) is 1. The van der Waals surface area contributed by atoms with Crippen molar-refractivity contribution in [2.75, 3.05) is 13.1 Å². The number of nitrogens with zero attached hydrogens (tertiary/aromatic N) is 4. The Labute approximate surface area is 140 Å². The molecule has 0 spiro atoms. The Balaban J connectivity index is 2.09. The number of pyridine rings is 1. The minimum Gasteiger partial charge on any atom is -0.337 e. The molecule has 1 atom stereocenters. The lowest BCUT2D eigenvalue weighted by Crippen LogP contribution is -2.33. The number of hydrogen-bond acceptors (Lipinski definition) is 4. The van der Waals surface area contributed by atoms with Gasteiger partial charge < -0.3 is 10.6 Å². The van der Waals surface area contributed by atoms with E-state index in [0.29, 0.717) is 17.6 Å². The Kier molecular flexibility index (Phi) is 4.22. The summed E-state index contributed by atoms with van der Waals surface area (Å²) in [5, 5.41) is 3.69. The fraction of sp³-hybridized carbons (Fsp3) is 0.357. The predicted molar refractivity (Wildman–Crippen MR) is 79.9 cm³/mol. The topological polar surface area (TPSA) is 77.0 Å². The van der Waals surface area contributed by atoms with Gasteiger partial charge in [0.15, 0.2) is 11.5 Å². The van der Waals surface area contributed by atoms with E-state index in [2.05, 4.69) is 10.1 Å². The van der Waals surface area contributed by atoms with Gasteiger partial charge in [-0.3, -0.25) is 4.79 Å². The van der Waals surface area contributed by atoms with Crippen molar-refractivity contribution in [1.82, 2.24) is 19.7 Å². The molecule has 0 aromatic carbocycles. The lowest BCUT2D eigenvalue weighted by atomic mass is 10.2. The van der Waals surface area contributed by atoms with Gasteiger partial charge in [0, 0.05) is 25.3 Å². The molecule has 0 saturated carbocycles. The molecule has 1 saturated heterocycles. The molecule has 3 heterocycles. The summed E-state index contributed by atoms with van der Waals surface area (Å²) < 4.78 is 41.2. The summed E-state index contributed by atoms with van der Waals surface area (Å²) in [5.41, 5.74) is 3.97. The van der Waals surface area contributed by atoms with E-state index in [0.717, 1.165) is 6.20 Å². The molecule has 0 bridgehead atoms. The van der Waals surface area contributed by atoms with E-state index >= 15 is 0 Å². The van der Waals surface area contributed by atoms with Crippen LogP contribution in [0.4, 0.5) is 13.2 Å². The molecule has 6 nitrogen and oxygen atoms in total. The Bertz CT molecular complexity index is 776. The fourth-order valence-electron chi connectivity index (χ4n) is 2.61. The Morgan fingerprint density at radius 1 is 1.42 bits per heavy atom. The Morgan fingerprint density at radius 2 is 2.17 bits per heavy atom. The van der Waals surface area contributed by atoms with Crippen LogP contribution in [0.1, 0.15) is 22.5 Å². The van der Waals surface area contributed by atoms with E-state index in [4.69, 9.17) is 17.3 Å². The second-order valence-corrected chi connectivity index (χ2v) is 5.83. The van der Waals surface area contributed by atoms with Crippen LogP contribution in [0.2, 0.25) is 5.02 Å². The number of aromatic nitrogens is 3. The molecule has 3 rings (SSSR count). The minimum atomic E-state index is -4.80. The first-order valence-electron chi connectivity index (χ1n) is 7.10. The molecular weight excluding hydrogens is 347 g/mol. The number of nitrogens with two attached hydrogens (primary N) is 1. The Hall–Kier alpha value is -2.13. The SMILES string of the molecule is NC1CCN(C(=O)c2cnn(-c3ncccc3Cl)c2C(F)(F)F)C1. The third-order valence-corrected chi connectivity index (χ3v) is 4.01. The molecule has 1 aliphatic heterocycles. The summed E-state index contributed by atoms with van der Waals surface area (Å²) >= 11 is 5.91. The van der Waals surface area contributed by atoms with E-state index < -0.39 is 23.3 Å². The van der Waals surface area contributed by atoms with Crippen LogP contribution < -0.4 is 5.73 Å². The van der Waals surface area contributed by atoms with Gasteiger partial charge in [-0.05, 0) is 18.6 Å². The number of alkyl halides is 3. The zero-order chi connectivity index (χ0) is 17.5. The molecule has 2 aromatic heterocycles. The highest BCUT2D eigenvalue weighted by Gasteiger charge is 2.42. The molecule has 128 valence electrons. The van der Waals surface area contributed by atoms with E-state index in [1.807, 2.05) is 0 Å². The van der Waals surface area contributed by atoms with Crippen molar-refractivity contribution in [1.29, 1.82) is 0 Å². The van der Waals surface area contributed by atoms with Gasteiger partial charge in [-0.15, -0.1) is 0 Å². The molecule has 1 amide bonds. The van der Waals surface area contributed by atoms with E-state index in [1.54, 1.807) is 0 Å². The maximum Gasteiger partial charge on any atom is 0.434 e. The second kappa shape index (κ2) is 6.06. The van der Waals surface area contributed by atoms with Gasteiger partial charge >= 0.3 is 6.18 Å². The van der Waals surface area contributed by atoms with E-state index in [-0.39, 0.29) is 23.4 Å². The van der Waals surface area contributed by atoms with Crippen LogP contribution in [0, 0.1) is 0 Å². The van der Waals surface area contributed by atoms with Crippen LogP contribution in [0.15, 0.2) is 24.5 Å². The summed E-state index contributed by atoms with van der Waals surface area (Å²) in [4.78, 5) is 17.6. The maximum absolute atomic E-state index is 13.6. The highest BCUT2D eigenvalue weighted by Crippen LogP contribution is 2.35. The number of rotatable bonds is 2. The molecule has 24 heavy (non-hydrogen) atoms. The van der Waals surface area contributed by atoms with Crippen LogP contribution in [0.5, 0.6) is 0 Å². The van der Waals surface area contributed by atoms with Crippen LogP contribution in [0.3, 0.4) is 0 Å². The summed E-state index contributed by atoms with van der Waals surface area (Å²) in [7, 11) is 0. The van der Waals surface area contributed by atoms with Crippen LogP contribution in [0.25, 0.3) is 5.82 Å². The van der Waals surface area contributed by atoms with E-state index in [9.17, 15) is 18.0 Å². The average Bonchev–Trinajstić information content (AvgIpc) is 3.13. The lowest BCUT2D eigenvalue weighted by Gasteiger charge is -2.17. The van der Waals surface area contributed by atoms with Gasteiger partial charge in [0.1, 0.15) is 0 Å². The first kappa shape index (κ1) is 16.7. The number of amides is 1. The van der Waals surface area contributed by atoms with Gasteiger partial charge in [-0.1, -0.05) is 11.6 Å². The first-order chi connectivity index (χ1) is 11.3. The normalized spacial score (nSPS) is 18.2. The van der Waals surface area contributed by atoms with E-state index in [1.165, 1.54) is 23.2 Å². The van der Waals surface area contributed by atoms with Crippen LogP contribution in [-0.4, -0.2) is 44.7 Å². The monoisotopic (exact) mass is 359 g/mol. The number of carbonyl (C=O) groups excluding carboxylic acids is 1. The van der Waals surface area contributed by atoms with Crippen LogP contribution in [-0.2, 0) is 6.18 Å². The zero-order valence-corrected chi connectivity index (χ0v) is 13.1. The van der Waals surface area contributed by atoms with Crippen molar-refractivity contribution in [3.8, 4) is 5.82 Å². The number of hydrogen-bond donors (Lipinski definition) is 1. The summed E-state index contributed by atoms with van der Waals surface area (Å²) in [6.45, 7) is 0.526. The lowest BCUT2D eigenvalue weighted by molar-refractivity contribution is -0.143. The minimum absolute atomic E-state index is 0.00621. The van der Waals surface area contributed by atoms with Crippen molar-refractivity contribution >= 4 is 17.5 Å². The predicted octanol–water partition coefficient (Wildman–Crippen LogP) is 2.11. The smallest absolute Gasteiger partial charge is 0.337 e. The largest absolute Gasteiger partial charge is 0.434 e. The molecule has 1 aliphatic rings. The molecule has 2 aromatic rings. The highest BCUT2D eigenvalue weighted by atomic mass is 35.5. The standard InChI is InChI=1S/C14H13ClF3N5O/c15-10-2-1-4-20-12(10)23-11(14(16,17)18)9(6-21-23)13(24)22-5-3-8(19)7-22/h1-2,4,6,8H,3,5,7,19H2. The third-order valence-electron chi connectivity index (χ3n) is 3.72. The molecular formula is C14H13ClF3N5O. The molecule has 0 radical (unpaired) electrons. The van der Waals surface area contributed by atoms with Gasteiger partial charge in [0.25, 0.3) is 5.91 Å². The van der Waals surface area contributed by atoms with Crippen molar-refractivity contribution in [3.63, 3.8) is 0 Å². The maximum atomic E-state index is 13.6. The van der Waals surface area contributed by atoms with Crippen molar-refractivity contribution in [3.05, 3.63) is 40.8 Å². The summed E-state index contributed by atoms with van der Waals surface area (Å²) in [6, 6.07) is 2.65. The summed E-state index contributed by atoms with van der Waals surface area (Å²) in [6.07, 6.45) is -2.07. The molecule has 0 aliphatic carbocycles. The van der Waals surface area contributed by atoms with Crippen molar-refractivity contribution in [2.24, 2.45) is 5.73 Å². The van der Waals surface area contributed by atoms with Gasteiger partial charge in [0.2, 0.25) is 0 Å². The van der Waals surface area contributed by atoms with Gasteiger partial charge in [-0.25, -0.2) is 9.67 Å². The van der Waals surface area contributed by atoms with Crippen LogP contribution >= 0.6 is 11.6 Å². The van der Waals surface area contributed by atoms with Crippen molar-refractivity contribution in [2.45, 2.75) is 18.6 Å². The third kappa shape index (κ3) is 2.96. The zero-order valence-electron chi connectivity index (χ0n) is 12.3. The molecule has 1 fully saturated rings. The first-order valence-corrected chi connectivity index (χ1v) is 7.48. The van der Waals surface area contributed by atoms with Crippen molar-refractivity contribution < 1.29 is 18.0 Å². The highest BCUT2D eigenvalue weighted by molar-refractivity contribution is 6.32. The molecule has 1 unspecified atom stereocenters.